The second-order valence-electron chi connectivity index (χ2n) is 9.17. The van der Waals surface area contributed by atoms with Gasteiger partial charge in [0.05, 0.1) is 6.04 Å². The lowest BCUT2D eigenvalue weighted by Gasteiger charge is -2.26. The predicted octanol–water partition coefficient (Wildman–Crippen LogP) is 4.91. The molecule has 0 spiro atoms. The first-order valence-electron chi connectivity index (χ1n) is 10.3. The fourth-order valence-corrected chi connectivity index (χ4v) is 3.16. The van der Waals surface area contributed by atoms with Gasteiger partial charge in [0.25, 0.3) is 5.91 Å². The van der Waals surface area contributed by atoms with Gasteiger partial charge in [0.1, 0.15) is 5.75 Å². The minimum Gasteiger partial charge on any atom is -0.484 e. The van der Waals surface area contributed by atoms with Crippen molar-refractivity contribution in [3.63, 3.8) is 0 Å². The normalized spacial score (nSPS) is 12.9. The molecule has 0 aromatic heterocycles. The van der Waals surface area contributed by atoms with E-state index in [1.807, 2.05) is 38.4 Å². The summed E-state index contributed by atoms with van der Waals surface area (Å²) in [7, 11) is 4.06. The Morgan fingerprint density at radius 1 is 0.966 bits per heavy atom. The van der Waals surface area contributed by atoms with E-state index in [0.717, 1.165) is 0 Å². The lowest BCUT2D eigenvalue weighted by Crippen LogP contribution is -2.36. The summed E-state index contributed by atoms with van der Waals surface area (Å²) in [6, 6.07) is 16.7. The van der Waals surface area contributed by atoms with E-state index in [9.17, 15) is 4.79 Å². The Bertz CT molecular complexity index is 772. The fourth-order valence-electron chi connectivity index (χ4n) is 3.16. The molecule has 0 radical (unpaired) electrons. The number of rotatable bonds is 8. The van der Waals surface area contributed by atoms with E-state index in [0.29, 0.717) is 18.2 Å². The standard InChI is InChI=1S/C25H36N2O2/c1-18(2)19-10-14-22(15-11-19)29-17-24(28)26-16-23(27(6)7)20-8-12-21(13-9-20)25(3,4)5/h8-15,18,23H,16-17H2,1-7H3,(H,26,28). The maximum atomic E-state index is 12.3. The van der Waals surface area contributed by atoms with Crippen molar-refractivity contribution in [3.8, 4) is 5.75 Å². The minimum absolute atomic E-state index is 0.0180. The number of hydrogen-bond donors (Lipinski definition) is 1. The number of amides is 1. The lowest BCUT2D eigenvalue weighted by molar-refractivity contribution is -0.123. The maximum absolute atomic E-state index is 12.3. The van der Waals surface area contributed by atoms with Gasteiger partial charge in [0.15, 0.2) is 6.61 Å². The summed E-state index contributed by atoms with van der Waals surface area (Å²) >= 11 is 0. The monoisotopic (exact) mass is 396 g/mol. The van der Waals surface area contributed by atoms with Crippen LogP contribution in [0.2, 0.25) is 0 Å². The molecule has 0 aliphatic heterocycles. The Hall–Kier alpha value is -2.33. The van der Waals surface area contributed by atoms with E-state index in [2.05, 4.69) is 69.1 Å². The summed E-state index contributed by atoms with van der Waals surface area (Å²) in [4.78, 5) is 14.4. The van der Waals surface area contributed by atoms with E-state index in [1.54, 1.807) is 0 Å². The van der Waals surface area contributed by atoms with E-state index >= 15 is 0 Å². The van der Waals surface area contributed by atoms with Crippen LogP contribution in [0.25, 0.3) is 0 Å². The Morgan fingerprint density at radius 2 is 1.52 bits per heavy atom. The number of likely N-dealkylation sites (N-methyl/N-ethyl adjacent to an activating group) is 1. The Labute approximate surface area is 176 Å². The van der Waals surface area contributed by atoms with Crippen LogP contribution in [-0.2, 0) is 10.2 Å². The minimum atomic E-state index is -0.115. The number of benzene rings is 2. The molecule has 0 saturated heterocycles. The predicted molar refractivity (Wildman–Crippen MR) is 121 cm³/mol. The zero-order valence-electron chi connectivity index (χ0n) is 19.0. The number of carbonyl (C=O) groups is 1. The topological polar surface area (TPSA) is 41.6 Å². The van der Waals surface area contributed by atoms with Gasteiger partial charge in [-0.3, -0.25) is 4.79 Å². The van der Waals surface area contributed by atoms with Gasteiger partial charge in [0.2, 0.25) is 0 Å². The van der Waals surface area contributed by atoms with Crippen molar-refractivity contribution in [2.24, 2.45) is 0 Å². The molecule has 2 aromatic rings. The van der Waals surface area contributed by atoms with Gasteiger partial charge in [-0.25, -0.2) is 0 Å². The van der Waals surface area contributed by atoms with Gasteiger partial charge in [0, 0.05) is 6.54 Å². The summed E-state index contributed by atoms with van der Waals surface area (Å²) < 4.78 is 5.63. The molecule has 0 fully saturated rings. The lowest BCUT2D eigenvalue weighted by atomic mass is 9.86. The number of nitrogens with zero attached hydrogens (tertiary/aromatic N) is 1. The molecule has 1 atom stereocenters. The molecule has 0 saturated carbocycles. The smallest absolute Gasteiger partial charge is 0.258 e. The number of carbonyl (C=O) groups excluding carboxylic acids is 1. The fraction of sp³-hybridized carbons (Fsp3) is 0.480. The summed E-state index contributed by atoms with van der Waals surface area (Å²) in [5, 5.41) is 3.00. The first-order valence-corrected chi connectivity index (χ1v) is 10.3. The van der Waals surface area contributed by atoms with Gasteiger partial charge in [-0.05, 0) is 54.3 Å². The molecular formula is C25H36N2O2. The van der Waals surface area contributed by atoms with Crippen LogP contribution in [-0.4, -0.2) is 38.1 Å². The Kier molecular flexibility index (Phi) is 7.86. The molecule has 4 nitrogen and oxygen atoms in total. The molecule has 4 heteroatoms. The van der Waals surface area contributed by atoms with Gasteiger partial charge < -0.3 is 15.0 Å². The largest absolute Gasteiger partial charge is 0.484 e. The summed E-state index contributed by atoms with van der Waals surface area (Å²) in [5.74, 6) is 1.08. The van der Waals surface area contributed by atoms with Gasteiger partial charge in [-0.1, -0.05) is 71.0 Å². The zero-order chi connectivity index (χ0) is 21.6. The second-order valence-corrected chi connectivity index (χ2v) is 9.17. The van der Waals surface area contributed by atoms with Crippen molar-refractivity contribution >= 4 is 5.91 Å². The number of ether oxygens (including phenoxy) is 1. The molecule has 0 aliphatic rings. The first-order chi connectivity index (χ1) is 13.6. The van der Waals surface area contributed by atoms with Crippen LogP contribution in [0, 0.1) is 0 Å². The number of nitrogens with one attached hydrogen (secondary N) is 1. The van der Waals surface area contributed by atoms with Crippen LogP contribution in [0.4, 0.5) is 0 Å². The molecule has 0 aliphatic carbocycles. The quantitative estimate of drug-likeness (QED) is 0.690. The summed E-state index contributed by atoms with van der Waals surface area (Å²) in [6.07, 6.45) is 0. The van der Waals surface area contributed by atoms with Crippen LogP contribution in [0.15, 0.2) is 48.5 Å². The molecule has 1 unspecified atom stereocenters. The van der Waals surface area contributed by atoms with Crippen LogP contribution >= 0.6 is 0 Å². The molecule has 1 amide bonds. The van der Waals surface area contributed by atoms with Crippen molar-refractivity contribution in [2.45, 2.75) is 52.0 Å². The summed E-state index contributed by atoms with van der Waals surface area (Å²) in [6.45, 7) is 11.5. The highest BCUT2D eigenvalue weighted by Gasteiger charge is 2.18. The van der Waals surface area contributed by atoms with Crippen LogP contribution in [0.5, 0.6) is 5.75 Å². The van der Waals surface area contributed by atoms with E-state index < -0.39 is 0 Å². The third-order valence-corrected chi connectivity index (χ3v) is 5.19. The second kappa shape index (κ2) is 9.93. The molecule has 158 valence electrons. The van der Waals surface area contributed by atoms with Crippen molar-refractivity contribution in [1.29, 1.82) is 0 Å². The third kappa shape index (κ3) is 6.90. The van der Waals surface area contributed by atoms with Gasteiger partial charge >= 0.3 is 0 Å². The first kappa shape index (κ1) is 23.0. The Morgan fingerprint density at radius 3 is 2.00 bits per heavy atom. The van der Waals surface area contributed by atoms with Crippen LogP contribution in [0.1, 0.15) is 63.3 Å². The molecular weight excluding hydrogens is 360 g/mol. The third-order valence-electron chi connectivity index (χ3n) is 5.19. The molecule has 0 bridgehead atoms. The van der Waals surface area contributed by atoms with E-state index in [4.69, 9.17) is 4.74 Å². The van der Waals surface area contributed by atoms with Gasteiger partial charge in [-0.2, -0.15) is 0 Å². The van der Waals surface area contributed by atoms with Crippen molar-refractivity contribution < 1.29 is 9.53 Å². The highest BCUT2D eigenvalue weighted by Crippen LogP contribution is 2.25. The van der Waals surface area contributed by atoms with Crippen molar-refractivity contribution in [2.75, 3.05) is 27.2 Å². The highest BCUT2D eigenvalue weighted by atomic mass is 16.5. The Balaban J connectivity index is 1.90. The summed E-state index contributed by atoms with van der Waals surface area (Å²) in [5.41, 5.74) is 3.88. The average Bonchev–Trinajstić information content (AvgIpc) is 2.66. The van der Waals surface area contributed by atoms with Crippen molar-refractivity contribution in [1.82, 2.24) is 10.2 Å². The molecule has 1 N–H and O–H groups in total. The number of hydrogen-bond acceptors (Lipinski definition) is 3. The van der Waals surface area contributed by atoms with Gasteiger partial charge in [-0.15, -0.1) is 0 Å². The maximum Gasteiger partial charge on any atom is 0.258 e. The molecule has 29 heavy (non-hydrogen) atoms. The van der Waals surface area contributed by atoms with Crippen LogP contribution < -0.4 is 10.1 Å². The molecule has 0 heterocycles. The van der Waals surface area contributed by atoms with Crippen molar-refractivity contribution in [3.05, 3.63) is 65.2 Å². The van der Waals surface area contributed by atoms with E-state index in [-0.39, 0.29) is 24.0 Å². The molecule has 2 rings (SSSR count). The SMILES string of the molecule is CC(C)c1ccc(OCC(=O)NCC(c2ccc(C(C)(C)C)cc2)N(C)C)cc1. The van der Waals surface area contributed by atoms with Crippen LogP contribution in [0.3, 0.4) is 0 Å². The average molecular weight is 397 g/mol. The highest BCUT2D eigenvalue weighted by molar-refractivity contribution is 5.77. The molecule has 2 aromatic carbocycles. The van der Waals surface area contributed by atoms with E-state index in [1.165, 1.54) is 16.7 Å². The zero-order valence-corrected chi connectivity index (χ0v) is 19.0.